The number of unbranched alkanes of at least 4 members (excludes halogenated alkanes) is 1. The molecule has 0 aromatic heterocycles. The Morgan fingerprint density at radius 3 is 1.01 bits per heavy atom. The van der Waals surface area contributed by atoms with Gasteiger partial charge in [0, 0.05) is 130 Å². The van der Waals surface area contributed by atoms with E-state index in [1.54, 1.807) is 7.05 Å². The van der Waals surface area contributed by atoms with E-state index in [4.69, 9.17) is 4.74 Å². The van der Waals surface area contributed by atoms with Crippen molar-refractivity contribution in [2.75, 3.05) is 72.6 Å². The van der Waals surface area contributed by atoms with Crippen LogP contribution < -0.4 is 47.9 Å². The number of amides is 9. The lowest BCUT2D eigenvalue weighted by Gasteiger charge is -2.26. The van der Waals surface area contributed by atoms with Gasteiger partial charge in [0.25, 0.3) is 0 Å². The van der Waals surface area contributed by atoms with Crippen molar-refractivity contribution in [1.29, 1.82) is 0 Å². The lowest BCUT2D eigenvalue weighted by atomic mass is 10.1. The van der Waals surface area contributed by atoms with E-state index in [2.05, 4.69) is 80.4 Å². The highest BCUT2D eigenvalue weighted by Gasteiger charge is 2.16. The minimum absolute atomic E-state index is 0.0826. The van der Waals surface area contributed by atoms with Crippen molar-refractivity contribution in [3.05, 3.63) is 0 Å². The normalized spacial score (nSPS) is 11.9. The quantitative estimate of drug-likeness (QED) is 0.0434. The number of nitrogens with one attached hydrogen (secondary N) is 9. The summed E-state index contributed by atoms with van der Waals surface area (Å²) in [5.41, 5.74) is -0.0959. The van der Waals surface area contributed by atoms with E-state index in [0.717, 1.165) is 91.3 Å². The lowest BCUT2D eigenvalue weighted by Crippen LogP contribution is -2.42. The first-order valence-electron chi connectivity index (χ1n) is 32.7. The summed E-state index contributed by atoms with van der Waals surface area (Å²) in [6.07, 6.45) is 4.23. The first-order valence-corrected chi connectivity index (χ1v) is 32.7. The minimum atomic E-state index is -0.0959. The summed E-state index contributed by atoms with van der Waals surface area (Å²) in [5.74, 6) is 2.73. The molecule has 0 spiro atoms. The van der Waals surface area contributed by atoms with E-state index < -0.39 is 0 Å². The molecule has 0 aromatic rings. The van der Waals surface area contributed by atoms with Gasteiger partial charge in [-0.05, 0) is 73.6 Å². The largest absolute Gasteiger partial charge is 0.379 e. The molecule has 0 saturated carbocycles. The monoisotopic (exact) mass is 1250 g/mol. The maximum absolute atomic E-state index is 11.2. The summed E-state index contributed by atoms with van der Waals surface area (Å²) >= 11 is 0. The molecule has 1 unspecified atom stereocenters. The van der Waals surface area contributed by atoms with Crippen LogP contribution in [0, 0.1) is 59.2 Å². The van der Waals surface area contributed by atoms with Gasteiger partial charge >= 0.3 is 0 Å². The van der Waals surface area contributed by atoms with Crippen molar-refractivity contribution in [3.8, 4) is 0 Å². The predicted octanol–water partition coefficient (Wildman–Crippen LogP) is 9.68. The van der Waals surface area contributed by atoms with E-state index in [1.165, 1.54) is 0 Å². The smallest absolute Gasteiger partial charge is 0.222 e. The molecule has 1 atom stereocenters. The van der Waals surface area contributed by atoms with Crippen LogP contribution >= 0.6 is 0 Å². The van der Waals surface area contributed by atoms with Crippen molar-refractivity contribution in [2.45, 2.75) is 251 Å². The Hall–Kier alpha value is -4.85. The van der Waals surface area contributed by atoms with Crippen molar-refractivity contribution >= 4 is 53.2 Å². The first-order chi connectivity index (χ1) is 39.9. The number of ether oxygens (including phenoxy) is 1. The second-order valence-electron chi connectivity index (χ2n) is 25.9. The van der Waals surface area contributed by atoms with Crippen LogP contribution in [0.2, 0.25) is 0 Å². The first kappa shape index (κ1) is 98.4. The summed E-state index contributed by atoms with van der Waals surface area (Å²) in [6.45, 7) is 66.6. The van der Waals surface area contributed by atoms with Gasteiger partial charge in [0.15, 0.2) is 0 Å². The maximum atomic E-state index is 11.2. The van der Waals surface area contributed by atoms with E-state index in [0.29, 0.717) is 12.0 Å². The fourth-order valence-electron chi connectivity index (χ4n) is 5.06. The zero-order valence-electron chi connectivity index (χ0n) is 61.9. The molecule has 1 aliphatic rings. The standard InChI is InChI=1S/C10H20N2O2.4C8H17NO.2C7H15NO.C6H13NO.C5H11NO/c1-9(2)10(13)11-3-4-12-5-7-14-8-6-12;1-6(2)7(10)9-8(3,4)5;1-6(2)5-9-8(10)7(3)4;1-5-7(4)9-8(10)6(2)3;1-4-5-6-9-8(10)7(2)3;1-5(2)7(9)8-6(3)4;1-4-5-8-7(9)6(2)3;1-4-7-6(8)5(2)3;1-4(2)5(7)6-3/h9H,3-8H2,1-2H3,(H,11,13);6H,1-5H3,(H,9,10);2*6-7H,5H2,1-4H3,(H,9,10);7H,4-6H2,1-3H3,(H,9,10);5-6H,1-4H3,(H,8,9);6H,4-5H2,1-3H3,(H,8,9);5H,4H2,1-3H3,(H,7,8);4H,1-3H3,(H,6,7). The number of nitrogens with zero attached hydrogens (tertiary/aromatic N) is 1. The second kappa shape index (κ2) is 62.7. The van der Waals surface area contributed by atoms with E-state index in [1.807, 2.05) is 180 Å². The van der Waals surface area contributed by atoms with Gasteiger partial charge in [-0.25, -0.2) is 0 Å². The number of carbonyl (C=O) groups is 9. The summed E-state index contributed by atoms with van der Waals surface area (Å²) < 4.78 is 5.24. The highest BCUT2D eigenvalue weighted by molar-refractivity contribution is 5.80. The molecule has 20 heteroatoms. The molecule has 1 saturated heterocycles. The van der Waals surface area contributed by atoms with Crippen LogP contribution in [0.3, 0.4) is 0 Å². The number of carbonyl (C=O) groups excluding carboxylic acids is 9. The summed E-state index contributed by atoms with van der Waals surface area (Å²) in [5, 5.41) is 25.2. The predicted molar refractivity (Wildman–Crippen MR) is 365 cm³/mol. The minimum Gasteiger partial charge on any atom is -0.379 e. The van der Waals surface area contributed by atoms with Crippen molar-refractivity contribution in [2.24, 2.45) is 59.2 Å². The van der Waals surface area contributed by atoms with Crippen LogP contribution in [0.25, 0.3) is 0 Å². The molecular formula is C67H142N10O10. The van der Waals surface area contributed by atoms with Crippen molar-refractivity contribution in [3.63, 3.8) is 0 Å². The van der Waals surface area contributed by atoms with Crippen LogP contribution in [0.5, 0.6) is 0 Å². The van der Waals surface area contributed by atoms with Crippen LogP contribution in [-0.2, 0) is 47.9 Å². The molecular weight excluding hydrogens is 1100 g/mol. The van der Waals surface area contributed by atoms with Crippen molar-refractivity contribution < 1.29 is 47.9 Å². The van der Waals surface area contributed by atoms with Gasteiger partial charge in [0.1, 0.15) is 0 Å². The average Bonchev–Trinajstić information content (AvgIpc) is 3.42. The Balaban J connectivity index is -0.000000135. The van der Waals surface area contributed by atoms with Gasteiger partial charge in [-0.2, -0.15) is 0 Å². The van der Waals surface area contributed by atoms with Gasteiger partial charge in [0.2, 0.25) is 53.2 Å². The van der Waals surface area contributed by atoms with Gasteiger partial charge in [0.05, 0.1) is 13.2 Å². The van der Waals surface area contributed by atoms with Crippen LogP contribution in [-0.4, -0.2) is 148 Å². The molecule has 520 valence electrons. The molecule has 1 aliphatic heterocycles. The molecule has 1 heterocycles. The maximum Gasteiger partial charge on any atom is 0.222 e. The Morgan fingerprint density at radius 2 is 0.759 bits per heavy atom. The van der Waals surface area contributed by atoms with E-state index in [9.17, 15) is 43.2 Å². The molecule has 0 aromatic carbocycles. The van der Waals surface area contributed by atoms with Gasteiger partial charge in [-0.3, -0.25) is 48.1 Å². The second-order valence-corrected chi connectivity index (χ2v) is 25.9. The summed E-state index contributed by atoms with van der Waals surface area (Å²) in [4.78, 5) is 100. The topological polar surface area (TPSA) is 274 Å². The van der Waals surface area contributed by atoms with Crippen LogP contribution in [0.15, 0.2) is 0 Å². The molecule has 1 fully saturated rings. The third kappa shape index (κ3) is 81.2. The molecule has 87 heavy (non-hydrogen) atoms. The average molecular weight is 1250 g/mol. The Morgan fingerprint density at radius 1 is 0.414 bits per heavy atom. The van der Waals surface area contributed by atoms with Crippen molar-refractivity contribution in [1.82, 2.24) is 52.8 Å². The highest BCUT2D eigenvalue weighted by atomic mass is 16.5. The van der Waals surface area contributed by atoms with Crippen LogP contribution in [0.1, 0.15) is 233 Å². The van der Waals surface area contributed by atoms with Gasteiger partial charge < -0.3 is 52.6 Å². The molecule has 9 N–H and O–H groups in total. The van der Waals surface area contributed by atoms with E-state index in [-0.39, 0.29) is 118 Å². The third-order valence-corrected chi connectivity index (χ3v) is 11.1. The summed E-state index contributed by atoms with van der Waals surface area (Å²) in [7, 11) is 1.64. The molecule has 0 radical (unpaired) electrons. The molecule has 0 bridgehead atoms. The molecule has 0 aliphatic carbocycles. The van der Waals surface area contributed by atoms with Gasteiger partial charge in [-0.15, -0.1) is 0 Å². The fourth-order valence-corrected chi connectivity index (χ4v) is 5.06. The zero-order chi connectivity index (χ0) is 70.2. The number of hydrogen-bond acceptors (Lipinski definition) is 11. The Bertz CT molecular complexity index is 1720. The zero-order valence-corrected chi connectivity index (χ0v) is 61.9. The fraction of sp³-hybridized carbons (Fsp3) is 0.866. The third-order valence-electron chi connectivity index (χ3n) is 11.1. The number of hydrogen-bond donors (Lipinski definition) is 9. The Kier molecular flexibility index (Phi) is 71.0. The molecule has 1 rings (SSSR count). The van der Waals surface area contributed by atoms with Crippen LogP contribution in [0.4, 0.5) is 0 Å². The highest BCUT2D eigenvalue weighted by Crippen LogP contribution is 2.02. The SMILES string of the molecule is CC(C)C(=O)NC(C)(C)C.CC(C)C(=O)NCCN1CCOCC1.CC(C)CNC(=O)C(C)C.CC(C)NC(=O)C(C)C.CCC(C)NC(=O)C(C)C.CCCCNC(=O)C(C)C.CCCNC(=O)C(C)C.CCNC(=O)C(C)C.CNC(=O)C(C)C. The molecule has 9 amide bonds. The molecule has 20 nitrogen and oxygen atoms in total. The van der Waals surface area contributed by atoms with E-state index >= 15 is 0 Å². The van der Waals surface area contributed by atoms with Gasteiger partial charge in [-0.1, -0.05) is 166 Å². The number of morpholine rings is 1. The Labute approximate surface area is 534 Å². The lowest BCUT2D eigenvalue weighted by molar-refractivity contribution is -0.126. The summed E-state index contributed by atoms with van der Waals surface area (Å²) in [6, 6.07) is 0.579. The number of rotatable bonds is 23.